The Hall–Kier alpha value is -0.610. The van der Waals surface area contributed by atoms with Crippen LogP contribution in [0, 0.1) is 6.92 Å². The van der Waals surface area contributed by atoms with Crippen LogP contribution in [0.1, 0.15) is 51.1 Å². The predicted molar refractivity (Wildman–Crippen MR) is 81.6 cm³/mol. The van der Waals surface area contributed by atoms with E-state index in [1.54, 1.807) is 0 Å². The molecule has 1 aromatic heterocycles. The van der Waals surface area contributed by atoms with Crippen molar-refractivity contribution >= 4 is 11.8 Å². The maximum absolute atomic E-state index is 4.54. The molecular formula is C15H25N3S. The van der Waals surface area contributed by atoms with E-state index in [0.717, 1.165) is 17.4 Å². The first-order valence-electron chi connectivity index (χ1n) is 7.49. The second-order valence-electron chi connectivity index (χ2n) is 5.29. The largest absolute Gasteiger partial charge is 0.313 e. The topological polar surface area (TPSA) is 37.8 Å². The molecule has 0 bridgehead atoms. The zero-order valence-electron chi connectivity index (χ0n) is 12.1. The van der Waals surface area contributed by atoms with Gasteiger partial charge < -0.3 is 5.32 Å². The summed E-state index contributed by atoms with van der Waals surface area (Å²) in [5.74, 6) is 0. The number of nitrogens with zero attached hydrogens (tertiary/aromatic N) is 2. The summed E-state index contributed by atoms with van der Waals surface area (Å²) in [5, 5.41) is 5.21. The molecular weight excluding hydrogens is 254 g/mol. The van der Waals surface area contributed by atoms with E-state index in [2.05, 4.69) is 22.2 Å². The molecule has 1 fully saturated rings. The summed E-state index contributed by atoms with van der Waals surface area (Å²) in [4.78, 5) is 8.95. The van der Waals surface area contributed by atoms with Gasteiger partial charge in [0.25, 0.3) is 0 Å². The molecule has 0 saturated heterocycles. The summed E-state index contributed by atoms with van der Waals surface area (Å²) in [6, 6.07) is 2.57. The maximum atomic E-state index is 4.54. The summed E-state index contributed by atoms with van der Waals surface area (Å²) in [6.45, 7) is 5.28. The van der Waals surface area contributed by atoms with Gasteiger partial charge in [0.1, 0.15) is 0 Å². The third-order valence-corrected chi connectivity index (χ3v) is 4.97. The molecule has 1 aliphatic rings. The van der Waals surface area contributed by atoms with Crippen LogP contribution in [0.5, 0.6) is 0 Å². The van der Waals surface area contributed by atoms with Gasteiger partial charge in [-0.2, -0.15) is 0 Å². The lowest BCUT2D eigenvalue weighted by Crippen LogP contribution is -2.38. The SMILES string of the molecule is CCNC1CCCCCCC1Sc1nccc(C)n1. The molecule has 106 valence electrons. The number of nitrogens with one attached hydrogen (secondary N) is 1. The summed E-state index contributed by atoms with van der Waals surface area (Å²) in [7, 11) is 0. The first kappa shape index (κ1) is 14.8. The van der Waals surface area contributed by atoms with Crippen molar-refractivity contribution < 1.29 is 0 Å². The van der Waals surface area contributed by atoms with E-state index >= 15 is 0 Å². The van der Waals surface area contributed by atoms with Crippen LogP contribution in [0.25, 0.3) is 0 Å². The van der Waals surface area contributed by atoms with Gasteiger partial charge in [0, 0.05) is 23.2 Å². The highest BCUT2D eigenvalue weighted by atomic mass is 32.2. The highest BCUT2D eigenvalue weighted by molar-refractivity contribution is 7.99. The van der Waals surface area contributed by atoms with Gasteiger partial charge >= 0.3 is 0 Å². The highest BCUT2D eigenvalue weighted by Crippen LogP contribution is 2.30. The first-order chi connectivity index (χ1) is 9.29. The van der Waals surface area contributed by atoms with Crippen molar-refractivity contribution in [2.75, 3.05) is 6.54 Å². The Morgan fingerprint density at radius 3 is 2.79 bits per heavy atom. The highest BCUT2D eigenvalue weighted by Gasteiger charge is 2.23. The lowest BCUT2D eigenvalue weighted by Gasteiger charge is -2.29. The number of hydrogen-bond donors (Lipinski definition) is 1. The number of aryl methyl sites for hydroxylation is 1. The molecule has 2 rings (SSSR count). The van der Waals surface area contributed by atoms with E-state index in [9.17, 15) is 0 Å². The molecule has 19 heavy (non-hydrogen) atoms. The van der Waals surface area contributed by atoms with Crippen molar-refractivity contribution in [3.63, 3.8) is 0 Å². The second-order valence-corrected chi connectivity index (χ2v) is 6.50. The fourth-order valence-corrected chi connectivity index (χ4v) is 3.98. The van der Waals surface area contributed by atoms with Crippen molar-refractivity contribution in [1.29, 1.82) is 0 Å². The van der Waals surface area contributed by atoms with Gasteiger partial charge in [-0.15, -0.1) is 0 Å². The first-order valence-corrected chi connectivity index (χ1v) is 8.37. The zero-order chi connectivity index (χ0) is 13.5. The third-order valence-electron chi connectivity index (χ3n) is 3.70. The second kappa shape index (κ2) is 7.85. The molecule has 1 N–H and O–H groups in total. The van der Waals surface area contributed by atoms with Crippen molar-refractivity contribution in [2.24, 2.45) is 0 Å². The third kappa shape index (κ3) is 4.77. The van der Waals surface area contributed by atoms with E-state index in [1.807, 2.05) is 30.9 Å². The van der Waals surface area contributed by atoms with E-state index in [0.29, 0.717) is 11.3 Å². The molecule has 3 nitrogen and oxygen atoms in total. The van der Waals surface area contributed by atoms with E-state index in [4.69, 9.17) is 0 Å². The molecule has 1 aliphatic carbocycles. The van der Waals surface area contributed by atoms with Crippen LogP contribution < -0.4 is 5.32 Å². The number of aromatic nitrogens is 2. The normalized spacial score (nSPS) is 24.7. The fraction of sp³-hybridized carbons (Fsp3) is 0.733. The van der Waals surface area contributed by atoms with Crippen LogP contribution in [0.4, 0.5) is 0 Å². The Balaban J connectivity index is 2.03. The molecule has 1 saturated carbocycles. The summed E-state index contributed by atoms with van der Waals surface area (Å²) in [5.41, 5.74) is 1.06. The average Bonchev–Trinajstić information content (AvgIpc) is 2.37. The molecule has 0 amide bonds. The Morgan fingerprint density at radius 2 is 2.05 bits per heavy atom. The Bertz CT molecular complexity index is 383. The molecule has 0 aromatic carbocycles. The Morgan fingerprint density at radius 1 is 1.26 bits per heavy atom. The number of rotatable bonds is 4. The minimum Gasteiger partial charge on any atom is -0.313 e. The van der Waals surface area contributed by atoms with E-state index in [1.165, 1.54) is 38.5 Å². The maximum Gasteiger partial charge on any atom is 0.188 e. The van der Waals surface area contributed by atoms with Crippen LogP contribution in [0.2, 0.25) is 0 Å². The Labute approximate surface area is 121 Å². The predicted octanol–water partition coefficient (Wildman–Crippen LogP) is 3.58. The molecule has 1 heterocycles. The van der Waals surface area contributed by atoms with Gasteiger partial charge in [0.05, 0.1) is 0 Å². The molecule has 1 aromatic rings. The van der Waals surface area contributed by atoms with Crippen LogP contribution in [-0.4, -0.2) is 27.8 Å². The Kier molecular flexibility index (Phi) is 6.11. The van der Waals surface area contributed by atoms with E-state index < -0.39 is 0 Å². The lowest BCUT2D eigenvalue weighted by atomic mass is 9.96. The summed E-state index contributed by atoms with van der Waals surface area (Å²) in [6.07, 6.45) is 9.90. The molecule has 4 heteroatoms. The average molecular weight is 279 g/mol. The van der Waals surface area contributed by atoms with E-state index in [-0.39, 0.29) is 0 Å². The van der Waals surface area contributed by atoms with Gasteiger partial charge in [-0.1, -0.05) is 44.4 Å². The summed E-state index contributed by atoms with van der Waals surface area (Å²) >= 11 is 1.86. The molecule has 2 atom stereocenters. The monoisotopic (exact) mass is 279 g/mol. The number of hydrogen-bond acceptors (Lipinski definition) is 4. The van der Waals surface area contributed by atoms with Crippen molar-refractivity contribution in [3.8, 4) is 0 Å². The quantitative estimate of drug-likeness (QED) is 0.855. The molecule has 0 radical (unpaired) electrons. The van der Waals surface area contributed by atoms with Crippen LogP contribution in [0.3, 0.4) is 0 Å². The lowest BCUT2D eigenvalue weighted by molar-refractivity contribution is 0.405. The minimum atomic E-state index is 0.611. The van der Waals surface area contributed by atoms with Crippen molar-refractivity contribution in [1.82, 2.24) is 15.3 Å². The summed E-state index contributed by atoms with van der Waals surface area (Å²) < 4.78 is 0. The van der Waals surface area contributed by atoms with Gasteiger partial charge in [0.15, 0.2) is 5.16 Å². The minimum absolute atomic E-state index is 0.611. The zero-order valence-corrected chi connectivity index (χ0v) is 12.9. The number of thioether (sulfide) groups is 1. The van der Waals surface area contributed by atoms with Gasteiger partial charge in [-0.3, -0.25) is 0 Å². The fourth-order valence-electron chi connectivity index (χ4n) is 2.71. The molecule has 2 unspecified atom stereocenters. The van der Waals surface area contributed by atoms with Crippen LogP contribution in [0.15, 0.2) is 17.4 Å². The van der Waals surface area contributed by atoms with Crippen LogP contribution >= 0.6 is 11.8 Å². The van der Waals surface area contributed by atoms with Gasteiger partial charge in [-0.25, -0.2) is 9.97 Å². The molecule has 0 spiro atoms. The van der Waals surface area contributed by atoms with Gasteiger partial charge in [0.2, 0.25) is 0 Å². The smallest absolute Gasteiger partial charge is 0.188 e. The van der Waals surface area contributed by atoms with Crippen LogP contribution in [-0.2, 0) is 0 Å². The van der Waals surface area contributed by atoms with Gasteiger partial charge in [-0.05, 0) is 32.4 Å². The standard InChI is InChI=1S/C15H25N3S/c1-3-16-13-8-6-4-5-7-9-14(13)19-15-17-11-10-12(2)18-15/h10-11,13-14,16H,3-9H2,1-2H3. The molecule has 0 aliphatic heterocycles. The van der Waals surface area contributed by atoms with Crippen molar-refractivity contribution in [3.05, 3.63) is 18.0 Å². The van der Waals surface area contributed by atoms with Crippen molar-refractivity contribution in [2.45, 2.75) is 68.8 Å².